The minimum absolute atomic E-state index is 0.0981. The molecule has 2 fully saturated rings. The van der Waals surface area contributed by atoms with Crippen molar-refractivity contribution in [1.29, 1.82) is 0 Å². The summed E-state index contributed by atoms with van der Waals surface area (Å²) in [5.74, 6) is 0.382. The van der Waals surface area contributed by atoms with Crippen LogP contribution in [0.4, 0.5) is 0 Å². The van der Waals surface area contributed by atoms with E-state index in [1.807, 2.05) is 6.07 Å². The fraction of sp³-hybridized carbons (Fsp3) is 0.667. The molecule has 1 aromatic carbocycles. The van der Waals surface area contributed by atoms with E-state index in [0.717, 1.165) is 38.5 Å². The molecule has 0 aliphatic carbocycles. The lowest BCUT2D eigenvalue weighted by atomic mass is 9.93. The van der Waals surface area contributed by atoms with Gasteiger partial charge < -0.3 is 4.90 Å². The fourth-order valence-corrected chi connectivity index (χ4v) is 6.71. The molecule has 0 saturated carbocycles. The van der Waals surface area contributed by atoms with Crippen molar-refractivity contribution in [2.24, 2.45) is 5.92 Å². The van der Waals surface area contributed by atoms with Crippen molar-refractivity contribution in [3.63, 3.8) is 0 Å². The molecule has 0 radical (unpaired) electrons. The predicted octanol–water partition coefficient (Wildman–Crippen LogP) is 4.20. The molecule has 1 amide bonds. The summed E-state index contributed by atoms with van der Waals surface area (Å²) in [4.78, 5) is 15.6. The Kier molecular flexibility index (Phi) is 6.06. The molecule has 0 aromatic heterocycles. The van der Waals surface area contributed by atoms with Gasteiger partial charge >= 0.3 is 0 Å². The highest BCUT2D eigenvalue weighted by Gasteiger charge is 2.47. The van der Waals surface area contributed by atoms with Crippen molar-refractivity contribution in [2.45, 2.75) is 87.4 Å². The van der Waals surface area contributed by atoms with Crippen LogP contribution in [-0.4, -0.2) is 36.6 Å². The number of nitrogens with zero attached hydrogens (tertiary/aromatic N) is 1. The molecule has 2 bridgehead atoms. The fourth-order valence-electron chi connectivity index (χ4n) is 4.84. The molecular weight excluding hydrogens is 346 g/mol. The van der Waals surface area contributed by atoms with E-state index in [9.17, 15) is 13.2 Å². The van der Waals surface area contributed by atoms with E-state index in [1.54, 1.807) is 24.3 Å². The number of fused-ring (bicyclic) bond motifs is 2. The van der Waals surface area contributed by atoms with E-state index < -0.39 is 9.84 Å². The maximum atomic E-state index is 13.1. The van der Waals surface area contributed by atoms with Crippen molar-refractivity contribution in [1.82, 2.24) is 4.90 Å². The van der Waals surface area contributed by atoms with Crippen LogP contribution < -0.4 is 0 Å². The van der Waals surface area contributed by atoms with E-state index in [-0.39, 0.29) is 29.2 Å². The first kappa shape index (κ1) is 19.4. The van der Waals surface area contributed by atoms with Gasteiger partial charge in [0.2, 0.25) is 5.91 Å². The molecule has 0 spiro atoms. The van der Waals surface area contributed by atoms with E-state index in [1.165, 1.54) is 0 Å². The summed E-state index contributed by atoms with van der Waals surface area (Å²) in [5, 5.41) is -0.359. The number of sulfone groups is 1. The van der Waals surface area contributed by atoms with Crippen LogP contribution in [0.3, 0.4) is 0 Å². The average Bonchev–Trinajstić information content (AvgIpc) is 2.90. The third-order valence-corrected chi connectivity index (χ3v) is 8.27. The molecule has 2 heterocycles. The normalized spacial score (nSPS) is 25.7. The minimum atomic E-state index is -3.32. The van der Waals surface area contributed by atoms with Crippen molar-refractivity contribution in [2.75, 3.05) is 0 Å². The summed E-state index contributed by atoms with van der Waals surface area (Å²) >= 11 is 0. The van der Waals surface area contributed by atoms with Crippen LogP contribution in [0.2, 0.25) is 0 Å². The molecule has 144 valence electrons. The van der Waals surface area contributed by atoms with Gasteiger partial charge in [-0.25, -0.2) is 8.42 Å². The number of amides is 1. The molecular formula is C21H31NO3S. The second kappa shape index (κ2) is 8.12. The SMILES string of the molecule is CCCC(CCC)C(=O)N1C2CCC1CC(S(=O)(=O)c1ccccc1)C2. The van der Waals surface area contributed by atoms with Gasteiger partial charge in [-0.1, -0.05) is 44.9 Å². The molecule has 2 atom stereocenters. The molecule has 2 aliphatic rings. The molecule has 0 N–H and O–H groups in total. The number of rotatable bonds is 7. The van der Waals surface area contributed by atoms with Gasteiger partial charge in [0.15, 0.2) is 9.84 Å². The Hall–Kier alpha value is -1.36. The molecule has 3 rings (SSSR count). The van der Waals surface area contributed by atoms with Gasteiger partial charge in [0, 0.05) is 18.0 Å². The number of hydrogen-bond donors (Lipinski definition) is 0. The molecule has 26 heavy (non-hydrogen) atoms. The van der Waals surface area contributed by atoms with Gasteiger partial charge in [0.1, 0.15) is 0 Å². The lowest BCUT2D eigenvalue weighted by Gasteiger charge is -2.40. The van der Waals surface area contributed by atoms with Crippen LogP contribution in [0, 0.1) is 5.92 Å². The lowest BCUT2D eigenvalue weighted by Crippen LogP contribution is -2.51. The topological polar surface area (TPSA) is 54.5 Å². The monoisotopic (exact) mass is 377 g/mol. The van der Waals surface area contributed by atoms with Crippen molar-refractivity contribution >= 4 is 15.7 Å². The molecule has 2 unspecified atom stereocenters. The summed E-state index contributed by atoms with van der Waals surface area (Å²) in [7, 11) is -3.32. The lowest BCUT2D eigenvalue weighted by molar-refractivity contribution is -0.140. The van der Waals surface area contributed by atoms with Crippen LogP contribution >= 0.6 is 0 Å². The Balaban J connectivity index is 1.76. The maximum Gasteiger partial charge on any atom is 0.226 e. The van der Waals surface area contributed by atoms with E-state index in [0.29, 0.717) is 17.7 Å². The second-order valence-electron chi connectivity index (χ2n) is 7.86. The van der Waals surface area contributed by atoms with Crippen LogP contribution in [-0.2, 0) is 14.6 Å². The Labute approximate surface area is 157 Å². The Morgan fingerprint density at radius 1 is 1.04 bits per heavy atom. The zero-order chi connectivity index (χ0) is 18.7. The van der Waals surface area contributed by atoms with Gasteiger partial charge in [-0.2, -0.15) is 0 Å². The van der Waals surface area contributed by atoms with Crippen LogP contribution in [0.25, 0.3) is 0 Å². The zero-order valence-electron chi connectivity index (χ0n) is 15.9. The Morgan fingerprint density at radius 2 is 1.58 bits per heavy atom. The first-order chi connectivity index (χ1) is 12.5. The molecule has 4 nitrogen and oxygen atoms in total. The highest BCUT2D eigenvalue weighted by molar-refractivity contribution is 7.92. The maximum absolute atomic E-state index is 13.1. The Bertz CT molecular complexity index is 696. The summed E-state index contributed by atoms with van der Waals surface area (Å²) in [6.07, 6.45) is 6.98. The van der Waals surface area contributed by atoms with Gasteiger partial charge in [-0.15, -0.1) is 0 Å². The summed E-state index contributed by atoms with van der Waals surface area (Å²) in [6, 6.07) is 8.97. The number of piperidine rings is 1. The van der Waals surface area contributed by atoms with Crippen molar-refractivity contribution in [3.05, 3.63) is 30.3 Å². The largest absolute Gasteiger partial charge is 0.336 e. The predicted molar refractivity (Wildman–Crippen MR) is 104 cm³/mol. The molecule has 1 aromatic rings. The van der Waals surface area contributed by atoms with Crippen LogP contribution in [0.5, 0.6) is 0 Å². The highest BCUT2D eigenvalue weighted by atomic mass is 32.2. The minimum Gasteiger partial charge on any atom is -0.336 e. The number of hydrogen-bond acceptors (Lipinski definition) is 3. The smallest absolute Gasteiger partial charge is 0.226 e. The first-order valence-electron chi connectivity index (χ1n) is 10.1. The van der Waals surface area contributed by atoms with Gasteiger partial charge in [-0.3, -0.25) is 4.79 Å². The summed E-state index contributed by atoms with van der Waals surface area (Å²) in [6.45, 7) is 4.26. The van der Waals surface area contributed by atoms with E-state index in [4.69, 9.17) is 0 Å². The van der Waals surface area contributed by atoms with Crippen molar-refractivity contribution in [3.8, 4) is 0 Å². The van der Waals surface area contributed by atoms with Crippen LogP contribution in [0.15, 0.2) is 35.2 Å². The summed E-state index contributed by atoms with van der Waals surface area (Å²) in [5.41, 5.74) is 0. The number of benzene rings is 1. The number of carbonyl (C=O) groups excluding carboxylic acids is 1. The third-order valence-electron chi connectivity index (χ3n) is 6.08. The van der Waals surface area contributed by atoms with Gasteiger partial charge in [0.25, 0.3) is 0 Å². The number of carbonyl (C=O) groups is 1. The molecule has 5 heteroatoms. The second-order valence-corrected chi connectivity index (χ2v) is 10.1. The van der Waals surface area contributed by atoms with E-state index in [2.05, 4.69) is 18.7 Å². The highest BCUT2D eigenvalue weighted by Crippen LogP contribution is 2.41. The molecule has 2 aliphatic heterocycles. The van der Waals surface area contributed by atoms with Gasteiger partial charge in [-0.05, 0) is 50.7 Å². The van der Waals surface area contributed by atoms with Crippen LogP contribution in [0.1, 0.15) is 65.2 Å². The quantitative estimate of drug-likeness (QED) is 0.715. The first-order valence-corrected chi connectivity index (χ1v) is 11.6. The Morgan fingerprint density at radius 3 is 2.08 bits per heavy atom. The zero-order valence-corrected chi connectivity index (χ0v) is 16.7. The average molecular weight is 378 g/mol. The molecule has 2 saturated heterocycles. The standard InChI is InChI=1S/C21H31NO3S/c1-3-8-16(9-4-2)21(23)22-17-12-13-18(22)15-20(14-17)26(24,25)19-10-6-5-7-11-19/h5-7,10-11,16-18,20H,3-4,8-9,12-15H2,1-2H3. The van der Waals surface area contributed by atoms with Crippen molar-refractivity contribution < 1.29 is 13.2 Å². The van der Waals surface area contributed by atoms with Gasteiger partial charge in [0.05, 0.1) is 10.1 Å². The summed E-state index contributed by atoms with van der Waals surface area (Å²) < 4.78 is 26.0. The third kappa shape index (κ3) is 3.68. The van der Waals surface area contributed by atoms with E-state index >= 15 is 0 Å².